The van der Waals surface area contributed by atoms with Crippen molar-refractivity contribution < 1.29 is 14.3 Å². The van der Waals surface area contributed by atoms with Crippen molar-refractivity contribution in [2.45, 2.75) is 13.5 Å². The van der Waals surface area contributed by atoms with Crippen LogP contribution in [0.5, 0.6) is 0 Å². The van der Waals surface area contributed by atoms with E-state index in [0.29, 0.717) is 0 Å². The number of nitrogens with zero attached hydrogens (tertiary/aromatic N) is 1. The second kappa shape index (κ2) is 7.41. The smallest absolute Gasteiger partial charge is 0.325 e. The molecule has 0 saturated carbocycles. The number of benzene rings is 2. The van der Waals surface area contributed by atoms with Gasteiger partial charge in [-0.1, -0.05) is 54.6 Å². The lowest BCUT2D eigenvalue weighted by Gasteiger charge is -2.13. The van der Waals surface area contributed by atoms with Gasteiger partial charge in [-0.25, -0.2) is 0 Å². The first-order chi connectivity index (χ1) is 10.6. The van der Waals surface area contributed by atoms with Crippen LogP contribution in [0, 0.1) is 0 Å². The number of ether oxygens (including phenoxy) is 1. The predicted octanol–water partition coefficient (Wildman–Crippen LogP) is 2.88. The third-order valence-electron chi connectivity index (χ3n) is 3.36. The zero-order valence-electron chi connectivity index (χ0n) is 12.8. The lowest BCUT2D eigenvalue weighted by atomic mass is 10.0. The number of hydrogen-bond donors (Lipinski definition) is 0. The summed E-state index contributed by atoms with van der Waals surface area (Å²) in [5, 5.41) is 0. The zero-order valence-corrected chi connectivity index (χ0v) is 12.8. The van der Waals surface area contributed by atoms with Crippen LogP contribution < -0.4 is 0 Å². The predicted molar refractivity (Wildman–Crippen MR) is 85.0 cm³/mol. The lowest BCUT2D eigenvalue weighted by Crippen LogP contribution is -2.31. The van der Waals surface area contributed by atoms with Crippen molar-refractivity contribution in [2.24, 2.45) is 0 Å². The van der Waals surface area contributed by atoms with Crippen molar-refractivity contribution >= 4 is 11.9 Å². The molecule has 114 valence electrons. The van der Waals surface area contributed by atoms with Crippen molar-refractivity contribution in [3.8, 4) is 11.1 Å². The summed E-state index contributed by atoms with van der Waals surface area (Å²) in [6, 6.07) is 17.9. The molecule has 0 bridgehead atoms. The van der Waals surface area contributed by atoms with Crippen LogP contribution >= 0.6 is 0 Å². The summed E-state index contributed by atoms with van der Waals surface area (Å²) in [6.07, 6.45) is 0. The Hall–Kier alpha value is -2.62. The monoisotopic (exact) mass is 297 g/mol. The van der Waals surface area contributed by atoms with E-state index in [2.05, 4.69) is 0 Å². The molecule has 4 nitrogen and oxygen atoms in total. The molecule has 2 rings (SSSR count). The van der Waals surface area contributed by atoms with E-state index in [1.165, 1.54) is 11.8 Å². The molecular weight excluding hydrogens is 278 g/mol. The highest BCUT2D eigenvalue weighted by Crippen LogP contribution is 2.19. The first-order valence-electron chi connectivity index (χ1n) is 7.08. The Morgan fingerprint density at radius 2 is 1.55 bits per heavy atom. The van der Waals surface area contributed by atoms with Crippen molar-refractivity contribution in [3.05, 3.63) is 60.2 Å². The minimum absolute atomic E-state index is 0.0303. The van der Waals surface area contributed by atoms with Crippen LogP contribution in [0.25, 0.3) is 11.1 Å². The standard InChI is InChI=1S/C18H19NO3/c1-14(20)19(2)12-18(21)22-13-15-8-10-17(11-9-15)16-6-4-3-5-7-16/h3-11H,12-13H2,1-2H3. The molecule has 0 aromatic heterocycles. The maximum absolute atomic E-state index is 11.6. The van der Waals surface area contributed by atoms with Crippen LogP contribution in [0.3, 0.4) is 0 Å². The third-order valence-corrected chi connectivity index (χ3v) is 3.36. The third kappa shape index (κ3) is 4.45. The van der Waals surface area contributed by atoms with E-state index in [9.17, 15) is 9.59 Å². The van der Waals surface area contributed by atoms with E-state index in [-0.39, 0.29) is 19.1 Å². The maximum atomic E-state index is 11.6. The van der Waals surface area contributed by atoms with Gasteiger partial charge in [0.2, 0.25) is 5.91 Å². The van der Waals surface area contributed by atoms with Gasteiger partial charge in [0.1, 0.15) is 13.2 Å². The number of carbonyl (C=O) groups excluding carboxylic acids is 2. The van der Waals surface area contributed by atoms with Crippen molar-refractivity contribution in [2.75, 3.05) is 13.6 Å². The fourth-order valence-electron chi connectivity index (χ4n) is 1.94. The number of amides is 1. The first kappa shape index (κ1) is 15.8. The molecule has 4 heteroatoms. The van der Waals surface area contributed by atoms with Crippen molar-refractivity contribution in [1.29, 1.82) is 0 Å². The second-order valence-electron chi connectivity index (χ2n) is 5.10. The molecular formula is C18H19NO3. The topological polar surface area (TPSA) is 46.6 Å². The summed E-state index contributed by atoms with van der Waals surface area (Å²) in [7, 11) is 1.57. The summed E-state index contributed by atoms with van der Waals surface area (Å²) in [6.45, 7) is 1.59. The minimum Gasteiger partial charge on any atom is -0.459 e. The molecule has 22 heavy (non-hydrogen) atoms. The number of carbonyl (C=O) groups is 2. The highest BCUT2D eigenvalue weighted by molar-refractivity contribution is 5.80. The highest BCUT2D eigenvalue weighted by atomic mass is 16.5. The Kier molecular flexibility index (Phi) is 5.31. The van der Waals surface area contributed by atoms with E-state index in [0.717, 1.165) is 16.7 Å². The average molecular weight is 297 g/mol. The van der Waals surface area contributed by atoms with Gasteiger partial charge in [0.05, 0.1) is 0 Å². The molecule has 0 radical (unpaired) electrons. The fourth-order valence-corrected chi connectivity index (χ4v) is 1.94. The molecule has 0 saturated heterocycles. The van der Waals surface area contributed by atoms with Crippen LogP contribution in [-0.4, -0.2) is 30.4 Å². The van der Waals surface area contributed by atoms with Gasteiger partial charge >= 0.3 is 5.97 Å². The molecule has 2 aromatic carbocycles. The largest absolute Gasteiger partial charge is 0.459 e. The summed E-state index contributed by atoms with van der Waals surface area (Å²) in [4.78, 5) is 24.0. The molecule has 2 aromatic rings. The Bertz CT molecular complexity index is 635. The molecule has 0 aliphatic carbocycles. The summed E-state index contributed by atoms with van der Waals surface area (Å²) >= 11 is 0. The lowest BCUT2D eigenvalue weighted by molar-refractivity contribution is -0.149. The van der Waals surface area contributed by atoms with Gasteiger partial charge in [0.25, 0.3) is 0 Å². The number of likely N-dealkylation sites (N-methyl/N-ethyl adjacent to an activating group) is 1. The molecule has 0 aliphatic rings. The van der Waals surface area contributed by atoms with Crippen LogP contribution in [0.15, 0.2) is 54.6 Å². The molecule has 0 fully saturated rings. The van der Waals surface area contributed by atoms with E-state index in [1.807, 2.05) is 54.6 Å². The quantitative estimate of drug-likeness (QED) is 0.797. The van der Waals surface area contributed by atoms with Crippen LogP contribution in [-0.2, 0) is 20.9 Å². The van der Waals surface area contributed by atoms with Gasteiger partial charge < -0.3 is 9.64 Å². The van der Waals surface area contributed by atoms with Gasteiger partial charge in [-0.2, -0.15) is 0 Å². The van der Waals surface area contributed by atoms with Gasteiger partial charge in [-0.15, -0.1) is 0 Å². The van der Waals surface area contributed by atoms with Crippen LogP contribution in [0.2, 0.25) is 0 Å². The Morgan fingerprint density at radius 3 is 2.14 bits per heavy atom. The van der Waals surface area contributed by atoms with Crippen LogP contribution in [0.4, 0.5) is 0 Å². The Balaban J connectivity index is 1.89. The summed E-state index contributed by atoms with van der Waals surface area (Å²) in [5.41, 5.74) is 3.18. The van der Waals surface area contributed by atoms with E-state index in [1.54, 1.807) is 7.05 Å². The van der Waals surface area contributed by atoms with Crippen molar-refractivity contribution in [1.82, 2.24) is 4.90 Å². The van der Waals surface area contributed by atoms with Crippen LogP contribution in [0.1, 0.15) is 12.5 Å². The first-order valence-corrected chi connectivity index (χ1v) is 7.08. The summed E-state index contributed by atoms with van der Waals surface area (Å²) < 4.78 is 5.16. The van der Waals surface area contributed by atoms with Gasteiger partial charge in [-0.3, -0.25) is 9.59 Å². The molecule has 0 N–H and O–H groups in total. The molecule has 0 unspecified atom stereocenters. The van der Waals surface area contributed by atoms with Gasteiger partial charge in [-0.05, 0) is 16.7 Å². The molecule has 0 aliphatic heterocycles. The van der Waals surface area contributed by atoms with Gasteiger partial charge in [0.15, 0.2) is 0 Å². The summed E-state index contributed by atoms with van der Waals surface area (Å²) in [5.74, 6) is -0.575. The van der Waals surface area contributed by atoms with Crippen molar-refractivity contribution in [3.63, 3.8) is 0 Å². The number of esters is 1. The van der Waals surface area contributed by atoms with E-state index >= 15 is 0 Å². The highest BCUT2D eigenvalue weighted by Gasteiger charge is 2.10. The molecule has 1 amide bonds. The molecule has 0 atom stereocenters. The fraction of sp³-hybridized carbons (Fsp3) is 0.222. The number of hydrogen-bond acceptors (Lipinski definition) is 3. The second-order valence-corrected chi connectivity index (χ2v) is 5.10. The zero-order chi connectivity index (χ0) is 15.9. The molecule has 0 heterocycles. The number of rotatable bonds is 5. The Morgan fingerprint density at radius 1 is 0.955 bits per heavy atom. The van der Waals surface area contributed by atoms with E-state index in [4.69, 9.17) is 4.74 Å². The minimum atomic E-state index is -0.412. The SMILES string of the molecule is CC(=O)N(C)CC(=O)OCc1ccc(-c2ccccc2)cc1. The molecule has 0 spiro atoms. The average Bonchev–Trinajstić information content (AvgIpc) is 2.54. The Labute approximate surface area is 130 Å². The normalized spacial score (nSPS) is 10.1. The van der Waals surface area contributed by atoms with Gasteiger partial charge in [0, 0.05) is 14.0 Å². The van der Waals surface area contributed by atoms with E-state index < -0.39 is 5.97 Å². The maximum Gasteiger partial charge on any atom is 0.325 e.